The molecule has 3 N–H and O–H groups in total. The van der Waals surface area contributed by atoms with Crippen molar-refractivity contribution in [2.75, 3.05) is 24.7 Å². The van der Waals surface area contributed by atoms with Crippen LogP contribution in [0.5, 0.6) is 0 Å². The van der Waals surface area contributed by atoms with E-state index in [1.54, 1.807) is 25.2 Å². The summed E-state index contributed by atoms with van der Waals surface area (Å²) in [5, 5.41) is 16.2. The van der Waals surface area contributed by atoms with Gasteiger partial charge in [0.25, 0.3) is 0 Å². The van der Waals surface area contributed by atoms with Crippen LogP contribution in [0.15, 0.2) is 24.4 Å². The summed E-state index contributed by atoms with van der Waals surface area (Å²) in [7, 11) is 3.55. The summed E-state index contributed by atoms with van der Waals surface area (Å²) < 4.78 is 29.9. The van der Waals surface area contributed by atoms with Gasteiger partial charge in [-0.2, -0.15) is 4.98 Å². The Kier molecular flexibility index (Phi) is 7.23. The van der Waals surface area contributed by atoms with Crippen molar-refractivity contribution in [2.24, 2.45) is 5.92 Å². The van der Waals surface area contributed by atoms with Crippen LogP contribution in [-0.2, 0) is 4.79 Å². The van der Waals surface area contributed by atoms with Gasteiger partial charge in [-0.05, 0) is 63.5 Å². The molecule has 1 amide bonds. The topological polar surface area (TPSA) is 108 Å². The summed E-state index contributed by atoms with van der Waals surface area (Å²) in [6.45, 7) is 0. The maximum atomic E-state index is 14.5. The second kappa shape index (κ2) is 10.6. The molecule has 2 aromatic heterocycles. The van der Waals surface area contributed by atoms with Crippen molar-refractivity contribution in [2.45, 2.75) is 69.6 Å². The molecule has 37 heavy (non-hydrogen) atoms. The first kappa shape index (κ1) is 25.3. The van der Waals surface area contributed by atoms with Crippen LogP contribution in [0.2, 0.25) is 0 Å². The number of aliphatic hydroxyl groups is 1. The summed E-state index contributed by atoms with van der Waals surface area (Å²) in [6, 6.07) is 3.54. The molecule has 2 fully saturated rings. The van der Waals surface area contributed by atoms with Crippen LogP contribution in [0.3, 0.4) is 0 Å². The van der Waals surface area contributed by atoms with Crippen molar-refractivity contribution in [3.8, 4) is 0 Å². The van der Waals surface area contributed by atoms with E-state index in [9.17, 15) is 18.7 Å². The van der Waals surface area contributed by atoms with Gasteiger partial charge in [0.05, 0.1) is 18.0 Å². The number of halogens is 2. The first-order valence-corrected chi connectivity index (χ1v) is 12.9. The predicted molar refractivity (Wildman–Crippen MR) is 137 cm³/mol. The number of anilines is 3. The summed E-state index contributed by atoms with van der Waals surface area (Å²) >= 11 is 0. The van der Waals surface area contributed by atoms with Gasteiger partial charge < -0.3 is 20.6 Å². The molecule has 2 saturated carbocycles. The largest absolute Gasteiger partial charge is 0.393 e. The minimum atomic E-state index is -0.716. The monoisotopic (exact) mass is 513 g/mol. The number of fused-ring (bicyclic) bond motifs is 1. The first-order valence-electron chi connectivity index (χ1n) is 12.9. The fourth-order valence-electron chi connectivity index (χ4n) is 5.45. The molecule has 0 radical (unpaired) electrons. The number of aliphatic hydroxyl groups excluding tert-OH is 1. The Morgan fingerprint density at radius 1 is 1.05 bits per heavy atom. The van der Waals surface area contributed by atoms with Gasteiger partial charge >= 0.3 is 0 Å². The fraction of sp³-hybridized carbons (Fsp3) is 0.538. The van der Waals surface area contributed by atoms with E-state index in [4.69, 9.17) is 4.98 Å². The van der Waals surface area contributed by atoms with E-state index in [-0.39, 0.29) is 35.7 Å². The molecule has 1 aromatic carbocycles. The van der Waals surface area contributed by atoms with E-state index in [0.29, 0.717) is 23.1 Å². The number of carbonyl (C=O) groups is 1. The van der Waals surface area contributed by atoms with Gasteiger partial charge in [-0.3, -0.25) is 9.36 Å². The third kappa shape index (κ3) is 5.51. The number of carbonyl (C=O) groups excluding carboxylic acids is 1. The highest BCUT2D eigenvalue weighted by molar-refractivity contribution is 5.79. The minimum Gasteiger partial charge on any atom is -0.393 e. The number of hydrogen-bond donors (Lipinski definition) is 3. The Morgan fingerprint density at radius 3 is 2.46 bits per heavy atom. The molecule has 0 saturated heterocycles. The van der Waals surface area contributed by atoms with Crippen molar-refractivity contribution in [1.29, 1.82) is 0 Å². The molecule has 5 rings (SSSR count). The van der Waals surface area contributed by atoms with Gasteiger partial charge in [0.15, 0.2) is 5.65 Å². The van der Waals surface area contributed by atoms with E-state index in [1.165, 1.54) is 12.1 Å². The molecule has 0 atom stereocenters. The number of hydrogen-bond acceptors (Lipinski definition) is 7. The molecule has 2 heterocycles. The lowest BCUT2D eigenvalue weighted by atomic mass is 9.85. The summed E-state index contributed by atoms with van der Waals surface area (Å²) in [6.07, 6.45) is 7.48. The van der Waals surface area contributed by atoms with Crippen molar-refractivity contribution < 1.29 is 18.7 Å². The van der Waals surface area contributed by atoms with Crippen LogP contribution >= 0.6 is 0 Å². The average molecular weight is 514 g/mol. The molecule has 9 nitrogen and oxygen atoms in total. The predicted octanol–water partition coefficient (Wildman–Crippen LogP) is 4.38. The van der Waals surface area contributed by atoms with Crippen LogP contribution in [0, 0.1) is 17.6 Å². The van der Waals surface area contributed by atoms with Crippen molar-refractivity contribution in [3.63, 3.8) is 0 Å². The molecular weight excluding hydrogens is 480 g/mol. The molecule has 0 bridgehead atoms. The third-order valence-corrected chi connectivity index (χ3v) is 7.49. The lowest BCUT2D eigenvalue weighted by molar-refractivity contribution is -0.134. The molecule has 198 valence electrons. The van der Waals surface area contributed by atoms with Gasteiger partial charge in [-0.25, -0.2) is 18.7 Å². The summed E-state index contributed by atoms with van der Waals surface area (Å²) in [4.78, 5) is 28.0. The zero-order valence-corrected chi connectivity index (χ0v) is 21.1. The molecular formula is C26H33F2N7O2. The molecule has 3 aromatic rings. The highest BCUT2D eigenvalue weighted by Crippen LogP contribution is 2.38. The number of imidazole rings is 1. The average Bonchev–Trinajstić information content (AvgIpc) is 3.24. The quantitative estimate of drug-likeness (QED) is 0.449. The van der Waals surface area contributed by atoms with Crippen molar-refractivity contribution in [3.05, 3.63) is 36.0 Å². The Bertz CT molecular complexity index is 1270. The fourth-order valence-corrected chi connectivity index (χ4v) is 5.45. The molecule has 11 heteroatoms. The van der Waals surface area contributed by atoms with E-state index in [0.717, 1.165) is 57.4 Å². The number of nitrogens with one attached hydrogen (secondary N) is 2. The van der Waals surface area contributed by atoms with E-state index < -0.39 is 11.6 Å². The highest BCUT2D eigenvalue weighted by Gasteiger charge is 2.31. The van der Waals surface area contributed by atoms with E-state index in [2.05, 4.69) is 20.6 Å². The minimum absolute atomic E-state index is 0.00482. The Morgan fingerprint density at radius 2 is 1.78 bits per heavy atom. The smallest absolute Gasteiger partial charge is 0.225 e. The Balaban J connectivity index is 1.46. The van der Waals surface area contributed by atoms with Crippen LogP contribution in [0.4, 0.5) is 26.4 Å². The zero-order valence-electron chi connectivity index (χ0n) is 21.1. The van der Waals surface area contributed by atoms with Crippen LogP contribution in [-0.4, -0.2) is 61.7 Å². The van der Waals surface area contributed by atoms with E-state index >= 15 is 0 Å². The molecule has 2 aliphatic rings. The highest BCUT2D eigenvalue weighted by atomic mass is 19.1. The van der Waals surface area contributed by atoms with Gasteiger partial charge in [0, 0.05) is 38.2 Å². The maximum absolute atomic E-state index is 14.5. The van der Waals surface area contributed by atoms with Gasteiger partial charge in [0.2, 0.25) is 17.8 Å². The van der Waals surface area contributed by atoms with Gasteiger partial charge in [-0.15, -0.1) is 0 Å². The second-order valence-corrected chi connectivity index (χ2v) is 10.3. The number of nitrogens with zero attached hydrogens (tertiary/aromatic N) is 5. The maximum Gasteiger partial charge on any atom is 0.225 e. The SMILES string of the molecule is CN(C)C(=O)C1CCC(n2c(Nc3ccc(F)cc3F)nc3cnc(NC4CCC(O)CC4)nc32)CC1. The van der Waals surface area contributed by atoms with Crippen molar-refractivity contribution >= 4 is 34.7 Å². The van der Waals surface area contributed by atoms with Crippen LogP contribution in [0.25, 0.3) is 11.2 Å². The van der Waals surface area contributed by atoms with Crippen LogP contribution < -0.4 is 10.6 Å². The molecule has 2 aliphatic carbocycles. The molecule has 0 unspecified atom stereocenters. The summed E-state index contributed by atoms with van der Waals surface area (Å²) in [5.41, 5.74) is 1.28. The first-order chi connectivity index (χ1) is 17.8. The van der Waals surface area contributed by atoms with Crippen LogP contribution in [0.1, 0.15) is 57.4 Å². The number of benzene rings is 1. The number of rotatable bonds is 6. The Labute approximate surface area is 214 Å². The Hall–Kier alpha value is -3.34. The lowest BCUT2D eigenvalue weighted by Crippen LogP contribution is -2.33. The van der Waals surface area contributed by atoms with Gasteiger partial charge in [-0.1, -0.05) is 0 Å². The normalized spacial score (nSPS) is 24.1. The van der Waals surface area contributed by atoms with Crippen molar-refractivity contribution in [1.82, 2.24) is 24.4 Å². The lowest BCUT2D eigenvalue weighted by Gasteiger charge is -2.31. The zero-order chi connectivity index (χ0) is 26.1. The second-order valence-electron chi connectivity index (χ2n) is 10.3. The third-order valence-electron chi connectivity index (χ3n) is 7.49. The molecule has 0 spiro atoms. The standard InChI is InChI=1S/C26H33F2N7O2/c1-34(2)24(37)15-3-8-18(9-4-15)35-23-22(32-26(35)31-21-12-5-16(27)13-20(21)28)14-29-25(33-23)30-17-6-10-19(36)11-7-17/h5,12-15,17-19,36H,3-4,6-11H2,1-2H3,(H,31,32)(H,29,30,33). The van der Waals surface area contributed by atoms with Gasteiger partial charge in [0.1, 0.15) is 17.2 Å². The number of aromatic nitrogens is 4. The van der Waals surface area contributed by atoms with E-state index in [1.807, 2.05) is 4.57 Å². The number of amides is 1. The summed E-state index contributed by atoms with van der Waals surface area (Å²) in [5.74, 6) is -0.391. The molecule has 0 aliphatic heterocycles.